The number of nitrogens with zero attached hydrogens (tertiary/aromatic N) is 5. The number of hydrogen-bond acceptors (Lipinski definition) is 6. The summed E-state index contributed by atoms with van der Waals surface area (Å²) in [5.41, 5.74) is 2.39. The first kappa shape index (κ1) is 19.3. The minimum absolute atomic E-state index is 0.0526. The van der Waals surface area contributed by atoms with Gasteiger partial charge in [-0.15, -0.1) is 0 Å². The van der Waals surface area contributed by atoms with Crippen LogP contribution in [0, 0.1) is 12.7 Å². The van der Waals surface area contributed by atoms with Crippen LogP contribution in [-0.4, -0.2) is 56.4 Å². The number of aromatic nitrogens is 4. The van der Waals surface area contributed by atoms with Crippen LogP contribution >= 0.6 is 0 Å². The molecule has 1 aliphatic heterocycles. The van der Waals surface area contributed by atoms with Crippen molar-refractivity contribution in [1.29, 1.82) is 0 Å². The van der Waals surface area contributed by atoms with Crippen LogP contribution in [0.3, 0.4) is 0 Å². The lowest BCUT2D eigenvalue weighted by atomic mass is 10.1. The average Bonchev–Trinajstić information content (AvgIpc) is 3.29. The monoisotopic (exact) mass is 423 g/mol. The number of carbonyl (C=O) groups excluding carboxylic acids is 1. The predicted octanol–water partition coefficient (Wildman–Crippen LogP) is 2.04. The Morgan fingerprint density at radius 1 is 1.23 bits per heavy atom. The van der Waals surface area contributed by atoms with Gasteiger partial charge in [0.1, 0.15) is 16.8 Å². The number of piperazine rings is 1. The van der Waals surface area contributed by atoms with E-state index in [0.717, 1.165) is 37.3 Å². The summed E-state index contributed by atoms with van der Waals surface area (Å²) >= 11 is 0. The molecule has 0 saturated carbocycles. The summed E-state index contributed by atoms with van der Waals surface area (Å²) in [4.78, 5) is 19.4. The SMILES string of the molecule is Cc1cn2cc(NC(=O)c3c(O)cc(N4CCNCC4)c4cn(C)nc34)cc(F)c2n1. The molecule has 0 atom stereocenters. The number of rotatable bonds is 3. The van der Waals surface area contributed by atoms with E-state index in [4.69, 9.17) is 0 Å². The van der Waals surface area contributed by atoms with Crippen molar-refractivity contribution in [3.63, 3.8) is 0 Å². The molecule has 3 aromatic heterocycles. The van der Waals surface area contributed by atoms with Gasteiger partial charge in [-0.2, -0.15) is 5.10 Å². The molecule has 3 N–H and O–H groups in total. The van der Waals surface area contributed by atoms with Crippen LogP contribution in [-0.2, 0) is 7.05 Å². The van der Waals surface area contributed by atoms with Gasteiger partial charge in [0.15, 0.2) is 11.5 Å². The van der Waals surface area contributed by atoms with Crippen LogP contribution in [0.5, 0.6) is 5.75 Å². The molecule has 1 amide bonds. The van der Waals surface area contributed by atoms with Gasteiger partial charge in [0.05, 0.1) is 17.1 Å². The fourth-order valence-corrected chi connectivity index (χ4v) is 4.09. The Bertz CT molecular complexity index is 1320. The molecular formula is C21H22FN7O2. The molecule has 31 heavy (non-hydrogen) atoms. The lowest BCUT2D eigenvalue weighted by Crippen LogP contribution is -2.43. The molecule has 1 saturated heterocycles. The number of hydrogen-bond donors (Lipinski definition) is 3. The summed E-state index contributed by atoms with van der Waals surface area (Å²) in [6, 6.07) is 2.81. The molecule has 5 rings (SSSR count). The largest absolute Gasteiger partial charge is 0.507 e. The molecule has 4 aromatic rings. The minimum atomic E-state index is -0.566. The van der Waals surface area contributed by atoms with Crippen LogP contribution in [0.4, 0.5) is 15.8 Å². The summed E-state index contributed by atoms with van der Waals surface area (Å²) in [6.07, 6.45) is 5.09. The van der Waals surface area contributed by atoms with Crippen molar-refractivity contribution in [2.24, 2.45) is 7.05 Å². The third kappa shape index (κ3) is 3.34. The Morgan fingerprint density at radius 3 is 2.77 bits per heavy atom. The molecule has 1 aromatic carbocycles. The van der Waals surface area contributed by atoms with Crippen molar-refractivity contribution in [3.05, 3.63) is 47.8 Å². The van der Waals surface area contributed by atoms with E-state index in [1.54, 1.807) is 37.1 Å². The summed E-state index contributed by atoms with van der Waals surface area (Å²) in [7, 11) is 1.77. The van der Waals surface area contributed by atoms with E-state index in [9.17, 15) is 14.3 Å². The average molecular weight is 423 g/mol. The van der Waals surface area contributed by atoms with Crippen molar-refractivity contribution in [1.82, 2.24) is 24.5 Å². The Hall–Kier alpha value is -3.66. The van der Waals surface area contributed by atoms with Gasteiger partial charge in [0, 0.05) is 69.3 Å². The van der Waals surface area contributed by atoms with Crippen LogP contribution in [0.2, 0.25) is 0 Å². The maximum Gasteiger partial charge on any atom is 0.261 e. The molecule has 1 fully saturated rings. The highest BCUT2D eigenvalue weighted by atomic mass is 19.1. The number of nitrogens with one attached hydrogen (secondary N) is 2. The van der Waals surface area contributed by atoms with Gasteiger partial charge in [-0.25, -0.2) is 9.37 Å². The van der Waals surface area contributed by atoms with Crippen molar-refractivity contribution in [2.45, 2.75) is 6.92 Å². The topological polar surface area (TPSA) is 99.7 Å². The quantitative estimate of drug-likeness (QED) is 0.466. The number of phenolic OH excluding ortho intramolecular Hbond substituents is 1. The molecule has 1 aliphatic rings. The first-order valence-electron chi connectivity index (χ1n) is 10.0. The number of phenols is 1. The van der Waals surface area contributed by atoms with E-state index in [0.29, 0.717) is 11.2 Å². The molecule has 0 unspecified atom stereocenters. The third-order valence-electron chi connectivity index (χ3n) is 5.44. The second kappa shape index (κ2) is 7.24. The van der Waals surface area contributed by atoms with E-state index in [1.807, 2.05) is 6.20 Å². The highest BCUT2D eigenvalue weighted by Gasteiger charge is 2.24. The second-order valence-corrected chi connectivity index (χ2v) is 7.74. The van der Waals surface area contributed by atoms with Gasteiger partial charge in [0.2, 0.25) is 0 Å². The fourth-order valence-electron chi connectivity index (χ4n) is 4.09. The van der Waals surface area contributed by atoms with Crippen molar-refractivity contribution >= 4 is 33.8 Å². The lowest BCUT2D eigenvalue weighted by molar-refractivity contribution is 0.102. The number of benzene rings is 1. The highest BCUT2D eigenvalue weighted by molar-refractivity contribution is 6.16. The molecule has 4 heterocycles. The molecule has 10 heteroatoms. The molecule has 0 bridgehead atoms. The van der Waals surface area contributed by atoms with Gasteiger partial charge < -0.3 is 25.0 Å². The summed E-state index contributed by atoms with van der Waals surface area (Å²) < 4.78 is 17.5. The van der Waals surface area contributed by atoms with Crippen LogP contribution < -0.4 is 15.5 Å². The summed E-state index contributed by atoms with van der Waals surface area (Å²) in [6.45, 7) is 5.02. The van der Waals surface area contributed by atoms with Crippen LogP contribution in [0.15, 0.2) is 30.7 Å². The number of amides is 1. The third-order valence-corrected chi connectivity index (χ3v) is 5.44. The van der Waals surface area contributed by atoms with Crippen LogP contribution in [0.25, 0.3) is 16.6 Å². The van der Waals surface area contributed by atoms with Crippen molar-refractivity contribution in [3.8, 4) is 5.75 Å². The number of pyridine rings is 1. The van der Waals surface area contributed by atoms with E-state index in [1.165, 1.54) is 10.5 Å². The lowest BCUT2D eigenvalue weighted by Gasteiger charge is -2.30. The van der Waals surface area contributed by atoms with Crippen LogP contribution in [0.1, 0.15) is 16.1 Å². The maximum atomic E-state index is 14.4. The first-order valence-corrected chi connectivity index (χ1v) is 10.0. The molecule has 9 nitrogen and oxygen atoms in total. The first-order chi connectivity index (χ1) is 14.9. The number of fused-ring (bicyclic) bond motifs is 2. The van der Waals surface area contributed by atoms with Gasteiger partial charge in [0.25, 0.3) is 5.91 Å². The van der Waals surface area contributed by atoms with Gasteiger partial charge >= 0.3 is 0 Å². The van der Waals surface area contributed by atoms with Crippen molar-refractivity contribution in [2.75, 3.05) is 36.4 Å². The maximum absolute atomic E-state index is 14.4. The van der Waals surface area contributed by atoms with Crippen molar-refractivity contribution < 1.29 is 14.3 Å². The van der Waals surface area contributed by atoms with E-state index in [2.05, 4.69) is 25.6 Å². The second-order valence-electron chi connectivity index (χ2n) is 7.74. The summed E-state index contributed by atoms with van der Waals surface area (Å²) in [5.74, 6) is -1.28. The Balaban J connectivity index is 1.55. The fraction of sp³-hybridized carbons (Fsp3) is 0.286. The highest BCUT2D eigenvalue weighted by Crippen LogP contribution is 2.36. The number of anilines is 2. The van der Waals surface area contributed by atoms with E-state index >= 15 is 0 Å². The standard InChI is InChI=1S/C21H22FN7O2/c1-12-9-29-10-13(7-15(22)20(29)24-12)25-21(31)18-17(30)8-16(28-5-3-23-4-6-28)14-11-27(2)26-19(14)18/h7-11,23,30H,3-6H2,1-2H3,(H,25,31). The Kier molecular flexibility index (Phi) is 4.51. The Morgan fingerprint density at radius 2 is 2.00 bits per heavy atom. The number of imidazole rings is 1. The molecular weight excluding hydrogens is 401 g/mol. The molecule has 0 radical (unpaired) electrons. The Labute approximate surface area is 177 Å². The number of aryl methyl sites for hydroxylation is 2. The zero-order chi connectivity index (χ0) is 21.7. The number of halogens is 1. The number of aromatic hydroxyl groups is 1. The zero-order valence-electron chi connectivity index (χ0n) is 17.2. The molecule has 0 spiro atoms. The summed E-state index contributed by atoms with van der Waals surface area (Å²) in [5, 5.41) is 22.0. The minimum Gasteiger partial charge on any atom is -0.507 e. The molecule has 0 aliphatic carbocycles. The predicted molar refractivity (Wildman–Crippen MR) is 115 cm³/mol. The van der Waals surface area contributed by atoms with E-state index < -0.39 is 11.7 Å². The normalized spacial score (nSPS) is 14.5. The molecule has 160 valence electrons. The number of carbonyl (C=O) groups is 1. The smallest absolute Gasteiger partial charge is 0.261 e. The van der Waals surface area contributed by atoms with Gasteiger partial charge in [-0.05, 0) is 6.92 Å². The van der Waals surface area contributed by atoms with Gasteiger partial charge in [-0.3, -0.25) is 9.48 Å². The zero-order valence-corrected chi connectivity index (χ0v) is 17.2. The van der Waals surface area contributed by atoms with E-state index in [-0.39, 0.29) is 22.6 Å². The van der Waals surface area contributed by atoms with Gasteiger partial charge in [-0.1, -0.05) is 0 Å².